The van der Waals surface area contributed by atoms with E-state index < -0.39 is 0 Å². The van der Waals surface area contributed by atoms with E-state index in [1.54, 1.807) is 24.1 Å². The number of hydrogen-bond acceptors (Lipinski definition) is 4. The summed E-state index contributed by atoms with van der Waals surface area (Å²) in [4.78, 5) is 14.8. The zero-order valence-electron chi connectivity index (χ0n) is 13.3. The molecule has 0 aliphatic carbocycles. The number of phenols is 1. The molecule has 1 aliphatic rings. The molecule has 6 heteroatoms. The van der Waals surface area contributed by atoms with Crippen LogP contribution in [-0.2, 0) is 0 Å². The van der Waals surface area contributed by atoms with E-state index >= 15 is 0 Å². The fourth-order valence-electron chi connectivity index (χ4n) is 3.00. The maximum atomic E-state index is 13.0. The molecule has 24 heavy (non-hydrogen) atoms. The molecule has 1 aliphatic heterocycles. The number of hydrogen-bond donors (Lipinski definition) is 2. The fraction of sp³-hybridized carbons (Fsp3) is 0.278. The number of rotatable bonds is 3. The Balaban J connectivity index is 1.98. The Kier molecular flexibility index (Phi) is 5.06. The summed E-state index contributed by atoms with van der Waals surface area (Å²) in [5, 5.41) is 13.4. The Morgan fingerprint density at radius 1 is 1.33 bits per heavy atom. The van der Waals surface area contributed by atoms with Gasteiger partial charge in [-0.1, -0.05) is 34.1 Å². The van der Waals surface area contributed by atoms with E-state index in [-0.39, 0.29) is 17.7 Å². The highest BCUT2D eigenvalue weighted by Gasteiger charge is 2.31. The van der Waals surface area contributed by atoms with Gasteiger partial charge in [-0.25, -0.2) is 0 Å². The van der Waals surface area contributed by atoms with E-state index in [9.17, 15) is 9.90 Å². The first kappa shape index (κ1) is 16.8. The number of methoxy groups -OCH3 is 1. The average Bonchev–Trinajstić information content (AvgIpc) is 2.63. The predicted molar refractivity (Wildman–Crippen MR) is 95.4 cm³/mol. The van der Waals surface area contributed by atoms with Crippen molar-refractivity contribution in [1.29, 1.82) is 0 Å². The minimum Gasteiger partial charge on any atom is -0.507 e. The summed E-state index contributed by atoms with van der Waals surface area (Å²) in [5.74, 6) is 0.550. The zero-order chi connectivity index (χ0) is 17.1. The minimum absolute atomic E-state index is 0.0134. The number of nitrogens with one attached hydrogen (secondary N) is 1. The van der Waals surface area contributed by atoms with E-state index in [4.69, 9.17) is 4.74 Å². The van der Waals surface area contributed by atoms with Crippen LogP contribution in [0.2, 0.25) is 0 Å². The van der Waals surface area contributed by atoms with Crippen LogP contribution in [0, 0.1) is 0 Å². The molecule has 2 aromatic rings. The van der Waals surface area contributed by atoms with E-state index in [0.717, 1.165) is 15.8 Å². The summed E-state index contributed by atoms with van der Waals surface area (Å²) in [5.41, 5.74) is 1.25. The monoisotopic (exact) mass is 390 g/mol. The summed E-state index contributed by atoms with van der Waals surface area (Å²) in [6.07, 6.45) is 0. The Morgan fingerprint density at radius 3 is 2.92 bits per heavy atom. The first-order chi connectivity index (χ1) is 11.6. The molecule has 1 atom stereocenters. The van der Waals surface area contributed by atoms with Crippen LogP contribution in [0.5, 0.6) is 11.5 Å². The van der Waals surface area contributed by atoms with Gasteiger partial charge in [-0.05, 0) is 24.3 Å². The van der Waals surface area contributed by atoms with Gasteiger partial charge in [0.1, 0.15) is 11.5 Å². The molecule has 5 nitrogen and oxygen atoms in total. The van der Waals surface area contributed by atoms with Gasteiger partial charge in [0.05, 0.1) is 18.7 Å². The molecule has 0 radical (unpaired) electrons. The number of nitrogens with zero attached hydrogens (tertiary/aromatic N) is 1. The molecule has 126 valence electrons. The molecule has 0 aromatic heterocycles. The lowest BCUT2D eigenvalue weighted by Crippen LogP contribution is -2.48. The standard InChI is InChI=1S/C18H19BrN2O3/c1-24-17-5-3-2-4-13(17)15-11-20-8-9-21(15)18(23)14-10-12(19)6-7-16(14)22/h2-7,10,15,20,22H,8-9,11H2,1H3. The topological polar surface area (TPSA) is 61.8 Å². The van der Waals surface area contributed by atoms with Crippen molar-refractivity contribution in [3.8, 4) is 11.5 Å². The van der Waals surface area contributed by atoms with Crippen LogP contribution in [0.1, 0.15) is 22.0 Å². The van der Waals surface area contributed by atoms with Crippen molar-refractivity contribution in [3.63, 3.8) is 0 Å². The third-order valence-electron chi connectivity index (χ3n) is 4.19. The number of benzene rings is 2. The Hall–Kier alpha value is -2.05. The number of aromatic hydroxyl groups is 1. The third-order valence-corrected chi connectivity index (χ3v) is 4.68. The number of halogens is 1. The highest BCUT2D eigenvalue weighted by molar-refractivity contribution is 9.10. The predicted octanol–water partition coefficient (Wildman–Crippen LogP) is 2.95. The Bertz CT molecular complexity index is 751. The van der Waals surface area contributed by atoms with Crippen molar-refractivity contribution in [2.24, 2.45) is 0 Å². The second-order valence-corrected chi connectivity index (χ2v) is 6.54. The molecular formula is C18H19BrN2O3. The number of carbonyl (C=O) groups is 1. The number of piperazine rings is 1. The van der Waals surface area contributed by atoms with Gasteiger partial charge in [0.2, 0.25) is 0 Å². The van der Waals surface area contributed by atoms with Gasteiger partial charge in [0, 0.05) is 29.7 Å². The molecule has 1 heterocycles. The van der Waals surface area contributed by atoms with E-state index in [1.165, 1.54) is 6.07 Å². The maximum absolute atomic E-state index is 13.0. The summed E-state index contributed by atoms with van der Waals surface area (Å²) in [6, 6.07) is 12.4. The number of amides is 1. The normalized spacial score (nSPS) is 17.6. The maximum Gasteiger partial charge on any atom is 0.258 e. The van der Waals surface area contributed by atoms with Gasteiger partial charge >= 0.3 is 0 Å². The van der Waals surface area contributed by atoms with E-state index in [0.29, 0.717) is 25.2 Å². The van der Waals surface area contributed by atoms with Crippen LogP contribution in [0.25, 0.3) is 0 Å². The molecule has 1 unspecified atom stereocenters. The van der Waals surface area contributed by atoms with Crippen LogP contribution < -0.4 is 10.1 Å². The van der Waals surface area contributed by atoms with E-state index in [1.807, 2.05) is 24.3 Å². The largest absolute Gasteiger partial charge is 0.507 e. The second-order valence-electron chi connectivity index (χ2n) is 5.62. The van der Waals surface area contributed by atoms with Crippen molar-refractivity contribution >= 4 is 21.8 Å². The van der Waals surface area contributed by atoms with Crippen molar-refractivity contribution < 1.29 is 14.6 Å². The molecule has 0 bridgehead atoms. The van der Waals surface area contributed by atoms with Gasteiger partial charge < -0.3 is 20.1 Å². The molecule has 0 saturated carbocycles. The number of ether oxygens (including phenoxy) is 1. The van der Waals surface area contributed by atoms with Crippen LogP contribution in [0.15, 0.2) is 46.9 Å². The summed E-state index contributed by atoms with van der Waals surface area (Å²) in [6.45, 7) is 1.92. The van der Waals surface area contributed by atoms with Crippen molar-refractivity contribution in [2.75, 3.05) is 26.7 Å². The highest BCUT2D eigenvalue weighted by atomic mass is 79.9. The summed E-state index contributed by atoms with van der Waals surface area (Å²) >= 11 is 3.36. The molecular weight excluding hydrogens is 372 g/mol. The molecule has 1 amide bonds. The first-order valence-electron chi connectivity index (χ1n) is 7.75. The van der Waals surface area contributed by atoms with Gasteiger partial charge in [-0.15, -0.1) is 0 Å². The third kappa shape index (κ3) is 3.25. The first-order valence-corrected chi connectivity index (χ1v) is 8.54. The van der Waals surface area contributed by atoms with Gasteiger partial charge in [0.25, 0.3) is 5.91 Å². The Morgan fingerprint density at radius 2 is 2.12 bits per heavy atom. The number of carbonyl (C=O) groups excluding carboxylic acids is 1. The van der Waals surface area contributed by atoms with Crippen molar-refractivity contribution in [2.45, 2.75) is 6.04 Å². The average molecular weight is 391 g/mol. The lowest BCUT2D eigenvalue weighted by Gasteiger charge is -2.37. The SMILES string of the molecule is COc1ccccc1C1CNCCN1C(=O)c1cc(Br)ccc1O. The smallest absolute Gasteiger partial charge is 0.258 e. The van der Waals surface area contributed by atoms with E-state index in [2.05, 4.69) is 21.2 Å². The highest BCUT2D eigenvalue weighted by Crippen LogP contribution is 2.32. The fourth-order valence-corrected chi connectivity index (χ4v) is 3.36. The lowest BCUT2D eigenvalue weighted by molar-refractivity contribution is 0.0628. The second kappa shape index (κ2) is 7.23. The van der Waals surface area contributed by atoms with Crippen molar-refractivity contribution in [3.05, 3.63) is 58.1 Å². The van der Waals surface area contributed by atoms with Crippen LogP contribution in [0.4, 0.5) is 0 Å². The molecule has 0 spiro atoms. The molecule has 1 saturated heterocycles. The molecule has 2 aromatic carbocycles. The molecule has 1 fully saturated rings. The minimum atomic E-state index is -0.189. The van der Waals surface area contributed by atoms with Crippen LogP contribution in [0.3, 0.4) is 0 Å². The van der Waals surface area contributed by atoms with Crippen LogP contribution >= 0.6 is 15.9 Å². The molecule has 2 N–H and O–H groups in total. The van der Waals surface area contributed by atoms with Crippen molar-refractivity contribution in [1.82, 2.24) is 10.2 Å². The number of phenolic OH excluding ortho intramolecular Hbond substituents is 1. The Labute approximate surface area is 149 Å². The van der Waals surface area contributed by atoms with Crippen LogP contribution in [-0.4, -0.2) is 42.7 Å². The van der Waals surface area contributed by atoms with Gasteiger partial charge in [-0.2, -0.15) is 0 Å². The summed E-state index contributed by atoms with van der Waals surface area (Å²) in [7, 11) is 1.63. The number of para-hydroxylation sites is 1. The molecule has 3 rings (SSSR count). The summed E-state index contributed by atoms with van der Waals surface area (Å²) < 4.78 is 6.21. The lowest BCUT2D eigenvalue weighted by atomic mass is 10.0. The quantitative estimate of drug-likeness (QED) is 0.845. The van der Waals surface area contributed by atoms with Gasteiger partial charge in [0.15, 0.2) is 0 Å². The zero-order valence-corrected chi connectivity index (χ0v) is 14.9. The van der Waals surface area contributed by atoms with Gasteiger partial charge in [-0.3, -0.25) is 4.79 Å².